The van der Waals surface area contributed by atoms with Crippen LogP contribution in [0.2, 0.25) is 0 Å². The summed E-state index contributed by atoms with van der Waals surface area (Å²) < 4.78 is 7.63. The SMILES string of the molecule is CCCn1c(-c2ccccc2)cc(C(=O)NCCCN2CCN(c3cccc(OC)c3)CC2)c1C. The number of amides is 1. The molecule has 186 valence electrons. The lowest BCUT2D eigenvalue weighted by molar-refractivity contribution is 0.0950. The first kappa shape index (κ1) is 24.9. The zero-order chi connectivity index (χ0) is 24.6. The minimum atomic E-state index is 0.0254. The predicted octanol–water partition coefficient (Wildman–Crippen LogP) is 4.82. The van der Waals surface area contributed by atoms with Crippen LogP contribution in [0, 0.1) is 6.92 Å². The number of ether oxygens (including phenoxy) is 1. The number of benzene rings is 2. The van der Waals surface area contributed by atoms with Crippen molar-refractivity contribution in [3.05, 3.63) is 71.9 Å². The zero-order valence-electron chi connectivity index (χ0n) is 21.3. The maximum Gasteiger partial charge on any atom is 0.253 e. The highest BCUT2D eigenvalue weighted by Crippen LogP contribution is 2.26. The van der Waals surface area contributed by atoms with Gasteiger partial charge in [-0.1, -0.05) is 43.3 Å². The van der Waals surface area contributed by atoms with E-state index in [0.717, 1.165) is 80.4 Å². The third kappa shape index (κ3) is 6.06. The molecule has 0 spiro atoms. The molecule has 0 saturated carbocycles. The van der Waals surface area contributed by atoms with Crippen molar-refractivity contribution in [2.24, 2.45) is 0 Å². The first-order chi connectivity index (χ1) is 17.1. The molecule has 0 unspecified atom stereocenters. The first-order valence-corrected chi connectivity index (χ1v) is 12.8. The molecular formula is C29H38N4O2. The van der Waals surface area contributed by atoms with Gasteiger partial charge in [-0.25, -0.2) is 0 Å². The van der Waals surface area contributed by atoms with Crippen LogP contribution < -0.4 is 15.0 Å². The Balaban J connectivity index is 1.26. The summed E-state index contributed by atoms with van der Waals surface area (Å²) >= 11 is 0. The minimum Gasteiger partial charge on any atom is -0.497 e. The summed E-state index contributed by atoms with van der Waals surface area (Å²) in [6.45, 7) is 10.9. The number of hydrogen-bond donors (Lipinski definition) is 1. The largest absolute Gasteiger partial charge is 0.497 e. The van der Waals surface area contributed by atoms with Crippen LogP contribution in [-0.4, -0.2) is 61.8 Å². The molecule has 6 nitrogen and oxygen atoms in total. The van der Waals surface area contributed by atoms with Crippen LogP contribution in [-0.2, 0) is 6.54 Å². The maximum atomic E-state index is 13.0. The van der Waals surface area contributed by atoms with Gasteiger partial charge in [0, 0.05) is 62.4 Å². The van der Waals surface area contributed by atoms with Crippen molar-refractivity contribution in [3.63, 3.8) is 0 Å². The second kappa shape index (κ2) is 11.9. The molecule has 35 heavy (non-hydrogen) atoms. The summed E-state index contributed by atoms with van der Waals surface area (Å²) in [6, 6.07) is 20.7. The minimum absolute atomic E-state index is 0.0254. The van der Waals surface area contributed by atoms with Gasteiger partial charge in [-0.2, -0.15) is 0 Å². The Bertz CT molecular complexity index is 1100. The van der Waals surface area contributed by atoms with E-state index < -0.39 is 0 Å². The average Bonchev–Trinajstić information content (AvgIpc) is 3.23. The maximum absolute atomic E-state index is 13.0. The van der Waals surface area contributed by atoms with Crippen molar-refractivity contribution in [2.45, 2.75) is 33.2 Å². The van der Waals surface area contributed by atoms with Gasteiger partial charge >= 0.3 is 0 Å². The smallest absolute Gasteiger partial charge is 0.253 e. The van der Waals surface area contributed by atoms with Crippen LogP contribution in [0.25, 0.3) is 11.3 Å². The van der Waals surface area contributed by atoms with Gasteiger partial charge in [0.1, 0.15) is 5.75 Å². The van der Waals surface area contributed by atoms with E-state index in [2.05, 4.69) is 57.8 Å². The quantitative estimate of drug-likeness (QED) is 0.428. The number of methoxy groups -OCH3 is 1. The van der Waals surface area contributed by atoms with Crippen LogP contribution >= 0.6 is 0 Å². The molecule has 1 N–H and O–H groups in total. The Morgan fingerprint density at radius 2 is 1.74 bits per heavy atom. The average molecular weight is 475 g/mol. The Morgan fingerprint density at radius 3 is 2.46 bits per heavy atom. The summed E-state index contributed by atoms with van der Waals surface area (Å²) in [6.07, 6.45) is 1.98. The summed E-state index contributed by atoms with van der Waals surface area (Å²) in [5.74, 6) is 0.925. The van der Waals surface area contributed by atoms with E-state index in [1.165, 1.54) is 5.69 Å². The number of rotatable bonds is 10. The number of piperazine rings is 1. The van der Waals surface area contributed by atoms with Crippen LogP contribution in [0.15, 0.2) is 60.7 Å². The summed E-state index contributed by atoms with van der Waals surface area (Å²) in [7, 11) is 1.71. The van der Waals surface area contributed by atoms with E-state index in [9.17, 15) is 4.79 Å². The number of nitrogens with one attached hydrogen (secondary N) is 1. The molecule has 1 aliphatic heterocycles. The third-order valence-electron chi connectivity index (χ3n) is 6.86. The fourth-order valence-corrected chi connectivity index (χ4v) is 4.87. The standard InChI is InChI=1S/C29H38N4O2/c1-4-15-33-23(2)27(22-28(33)24-10-6-5-7-11-24)29(34)30-14-9-16-31-17-19-32(20-18-31)25-12-8-13-26(21-25)35-3/h5-8,10-13,21-22H,4,9,14-20H2,1-3H3,(H,30,34). The normalized spacial score (nSPS) is 14.2. The molecule has 0 radical (unpaired) electrons. The fraction of sp³-hybridized carbons (Fsp3) is 0.414. The number of aromatic nitrogens is 1. The molecule has 2 heterocycles. The van der Waals surface area contributed by atoms with Crippen molar-refractivity contribution in [1.29, 1.82) is 0 Å². The molecular weight excluding hydrogens is 436 g/mol. The van der Waals surface area contributed by atoms with E-state index >= 15 is 0 Å². The van der Waals surface area contributed by atoms with E-state index in [-0.39, 0.29) is 5.91 Å². The summed E-state index contributed by atoms with van der Waals surface area (Å²) in [4.78, 5) is 17.9. The molecule has 1 aromatic heterocycles. The van der Waals surface area contributed by atoms with Crippen LogP contribution in [0.3, 0.4) is 0 Å². The van der Waals surface area contributed by atoms with E-state index in [1.807, 2.05) is 36.4 Å². The Kier molecular flexibility index (Phi) is 8.48. The molecule has 2 aromatic carbocycles. The zero-order valence-corrected chi connectivity index (χ0v) is 21.3. The van der Waals surface area contributed by atoms with Gasteiger partial charge in [0.25, 0.3) is 5.91 Å². The second-order valence-corrected chi connectivity index (χ2v) is 9.19. The van der Waals surface area contributed by atoms with Gasteiger partial charge in [-0.3, -0.25) is 9.69 Å². The Labute approximate surface area is 209 Å². The fourth-order valence-electron chi connectivity index (χ4n) is 4.87. The summed E-state index contributed by atoms with van der Waals surface area (Å²) in [5, 5.41) is 3.16. The molecule has 3 aromatic rings. The van der Waals surface area contributed by atoms with E-state index in [1.54, 1.807) is 7.11 Å². The number of hydrogen-bond acceptors (Lipinski definition) is 4. The van der Waals surface area contributed by atoms with Gasteiger partial charge < -0.3 is 19.5 Å². The molecule has 1 amide bonds. The molecule has 0 aliphatic carbocycles. The van der Waals surface area contributed by atoms with E-state index in [4.69, 9.17) is 4.74 Å². The topological polar surface area (TPSA) is 49.7 Å². The Morgan fingerprint density at radius 1 is 0.971 bits per heavy atom. The molecule has 1 saturated heterocycles. The number of anilines is 1. The van der Waals surface area contributed by atoms with Crippen molar-refractivity contribution in [1.82, 2.24) is 14.8 Å². The highest BCUT2D eigenvalue weighted by Gasteiger charge is 2.19. The predicted molar refractivity (Wildman–Crippen MR) is 143 cm³/mol. The molecule has 0 atom stereocenters. The van der Waals surface area contributed by atoms with Crippen molar-refractivity contribution in [2.75, 3.05) is 51.3 Å². The van der Waals surface area contributed by atoms with Gasteiger partial charge in [-0.05, 0) is 50.1 Å². The molecule has 4 rings (SSSR count). The molecule has 1 fully saturated rings. The van der Waals surface area contributed by atoms with Gasteiger partial charge in [0.05, 0.1) is 12.7 Å². The van der Waals surface area contributed by atoms with Gasteiger partial charge in [0.15, 0.2) is 0 Å². The van der Waals surface area contributed by atoms with Crippen molar-refractivity contribution >= 4 is 11.6 Å². The van der Waals surface area contributed by atoms with Crippen LogP contribution in [0.1, 0.15) is 35.8 Å². The van der Waals surface area contributed by atoms with Crippen molar-refractivity contribution in [3.8, 4) is 17.0 Å². The number of carbonyl (C=O) groups is 1. The summed E-state index contributed by atoms with van der Waals surface area (Å²) in [5.41, 5.74) is 5.30. The highest BCUT2D eigenvalue weighted by atomic mass is 16.5. The Hall–Kier alpha value is -3.25. The number of carbonyl (C=O) groups excluding carboxylic acids is 1. The second-order valence-electron chi connectivity index (χ2n) is 9.19. The lowest BCUT2D eigenvalue weighted by atomic mass is 10.1. The van der Waals surface area contributed by atoms with Crippen LogP contribution in [0.5, 0.6) is 5.75 Å². The van der Waals surface area contributed by atoms with Gasteiger partial charge in [-0.15, -0.1) is 0 Å². The van der Waals surface area contributed by atoms with Crippen molar-refractivity contribution < 1.29 is 9.53 Å². The van der Waals surface area contributed by atoms with Crippen LogP contribution in [0.4, 0.5) is 5.69 Å². The molecule has 0 bridgehead atoms. The monoisotopic (exact) mass is 474 g/mol. The molecule has 1 aliphatic rings. The first-order valence-electron chi connectivity index (χ1n) is 12.8. The highest BCUT2D eigenvalue weighted by molar-refractivity contribution is 5.97. The van der Waals surface area contributed by atoms with E-state index in [0.29, 0.717) is 6.54 Å². The van der Waals surface area contributed by atoms with Gasteiger partial charge in [0.2, 0.25) is 0 Å². The lowest BCUT2D eigenvalue weighted by Crippen LogP contribution is -2.47. The third-order valence-corrected chi connectivity index (χ3v) is 6.86. The number of nitrogens with zero attached hydrogens (tertiary/aromatic N) is 3. The lowest BCUT2D eigenvalue weighted by Gasteiger charge is -2.36. The molecule has 6 heteroatoms.